The van der Waals surface area contributed by atoms with Crippen molar-refractivity contribution in [2.24, 2.45) is 0 Å². The number of aromatic nitrogens is 2. The normalized spacial score (nSPS) is 10.7. The summed E-state index contributed by atoms with van der Waals surface area (Å²) in [6.07, 6.45) is 0.714. The standard InChI is InChI=1S/C14H17N3OS/c1-4-12-13(19-17-16-12)14(18)15-11-7-5-6-10(8-11)9(2)3/h5-9H,4H2,1-3H3,(H,15,18). The van der Waals surface area contributed by atoms with Crippen LogP contribution in [0.4, 0.5) is 5.69 Å². The van der Waals surface area contributed by atoms with Crippen molar-refractivity contribution in [1.82, 2.24) is 9.59 Å². The lowest BCUT2D eigenvalue weighted by Crippen LogP contribution is -2.12. The molecule has 0 aliphatic heterocycles. The van der Waals surface area contributed by atoms with Gasteiger partial charge in [0.25, 0.3) is 5.91 Å². The van der Waals surface area contributed by atoms with Crippen molar-refractivity contribution in [3.05, 3.63) is 40.4 Å². The number of aryl methyl sites for hydroxylation is 1. The first-order valence-electron chi connectivity index (χ1n) is 6.34. The van der Waals surface area contributed by atoms with Crippen LogP contribution >= 0.6 is 11.5 Å². The van der Waals surface area contributed by atoms with E-state index in [0.29, 0.717) is 17.2 Å². The molecule has 1 N–H and O–H groups in total. The number of carbonyl (C=O) groups is 1. The second-order valence-corrected chi connectivity index (χ2v) is 5.39. The Morgan fingerprint density at radius 1 is 1.42 bits per heavy atom. The summed E-state index contributed by atoms with van der Waals surface area (Å²) in [7, 11) is 0. The smallest absolute Gasteiger partial charge is 0.269 e. The van der Waals surface area contributed by atoms with Crippen LogP contribution in [-0.4, -0.2) is 15.5 Å². The van der Waals surface area contributed by atoms with Crippen LogP contribution in [-0.2, 0) is 6.42 Å². The van der Waals surface area contributed by atoms with Crippen molar-refractivity contribution in [1.29, 1.82) is 0 Å². The molecule has 0 spiro atoms. The van der Waals surface area contributed by atoms with Crippen LogP contribution in [0.5, 0.6) is 0 Å². The Balaban J connectivity index is 2.17. The van der Waals surface area contributed by atoms with Crippen molar-refractivity contribution in [3.8, 4) is 0 Å². The van der Waals surface area contributed by atoms with Crippen LogP contribution in [0.25, 0.3) is 0 Å². The summed E-state index contributed by atoms with van der Waals surface area (Å²) in [5.41, 5.74) is 2.77. The Kier molecular flexibility index (Phi) is 4.27. The van der Waals surface area contributed by atoms with Gasteiger partial charge >= 0.3 is 0 Å². The lowest BCUT2D eigenvalue weighted by atomic mass is 10.0. The molecule has 19 heavy (non-hydrogen) atoms. The molecule has 0 aliphatic rings. The minimum atomic E-state index is -0.132. The molecule has 0 atom stereocenters. The minimum absolute atomic E-state index is 0.132. The first-order valence-corrected chi connectivity index (χ1v) is 7.11. The molecule has 0 saturated heterocycles. The Morgan fingerprint density at radius 2 is 2.21 bits per heavy atom. The van der Waals surface area contributed by atoms with Crippen LogP contribution in [0.3, 0.4) is 0 Å². The number of rotatable bonds is 4. The molecule has 0 fully saturated rings. The topological polar surface area (TPSA) is 54.9 Å². The number of amides is 1. The molecule has 2 rings (SSSR count). The summed E-state index contributed by atoms with van der Waals surface area (Å²) in [4.78, 5) is 12.8. The quantitative estimate of drug-likeness (QED) is 0.929. The van der Waals surface area contributed by atoms with Crippen molar-refractivity contribution in [2.75, 3.05) is 5.32 Å². The fourth-order valence-corrected chi connectivity index (χ4v) is 2.42. The Labute approximate surface area is 117 Å². The van der Waals surface area contributed by atoms with Gasteiger partial charge in [-0.2, -0.15) is 0 Å². The van der Waals surface area contributed by atoms with Crippen molar-refractivity contribution < 1.29 is 4.79 Å². The molecule has 0 aliphatic carbocycles. The van der Waals surface area contributed by atoms with Gasteiger partial charge in [0, 0.05) is 5.69 Å². The first kappa shape index (κ1) is 13.7. The number of benzene rings is 1. The van der Waals surface area contributed by atoms with Gasteiger partial charge in [0.15, 0.2) is 0 Å². The van der Waals surface area contributed by atoms with E-state index in [9.17, 15) is 4.79 Å². The van der Waals surface area contributed by atoms with Gasteiger partial charge in [0.1, 0.15) is 4.88 Å². The van der Waals surface area contributed by atoms with Gasteiger partial charge in [-0.05, 0) is 41.6 Å². The van der Waals surface area contributed by atoms with Gasteiger partial charge in [-0.15, -0.1) is 5.10 Å². The van der Waals surface area contributed by atoms with Gasteiger partial charge < -0.3 is 5.32 Å². The number of hydrogen-bond donors (Lipinski definition) is 1. The highest BCUT2D eigenvalue weighted by atomic mass is 32.1. The molecule has 0 bridgehead atoms. The molecule has 1 amide bonds. The third kappa shape index (κ3) is 3.17. The lowest BCUT2D eigenvalue weighted by molar-refractivity contribution is 0.102. The van der Waals surface area contributed by atoms with E-state index in [4.69, 9.17) is 0 Å². The molecule has 100 valence electrons. The van der Waals surface area contributed by atoms with Crippen molar-refractivity contribution >= 4 is 23.1 Å². The molecular weight excluding hydrogens is 258 g/mol. The predicted octanol–water partition coefficient (Wildman–Crippen LogP) is 3.48. The molecular formula is C14H17N3OS. The third-order valence-corrected chi connectivity index (χ3v) is 3.67. The maximum absolute atomic E-state index is 12.2. The van der Waals surface area contributed by atoms with Crippen molar-refractivity contribution in [2.45, 2.75) is 33.1 Å². The van der Waals surface area contributed by atoms with Gasteiger partial charge in [-0.3, -0.25) is 4.79 Å². The SMILES string of the molecule is CCc1nnsc1C(=O)Nc1cccc(C(C)C)c1. The highest BCUT2D eigenvalue weighted by Gasteiger charge is 2.15. The van der Waals surface area contributed by atoms with E-state index in [-0.39, 0.29) is 5.91 Å². The van der Waals surface area contributed by atoms with E-state index in [2.05, 4.69) is 34.8 Å². The monoisotopic (exact) mass is 275 g/mol. The summed E-state index contributed by atoms with van der Waals surface area (Å²) in [6.45, 7) is 6.22. The fraction of sp³-hybridized carbons (Fsp3) is 0.357. The van der Waals surface area contributed by atoms with Crippen molar-refractivity contribution in [3.63, 3.8) is 0 Å². The highest BCUT2D eigenvalue weighted by molar-refractivity contribution is 7.08. The molecule has 0 unspecified atom stereocenters. The number of carbonyl (C=O) groups excluding carboxylic acids is 1. The zero-order valence-corrected chi connectivity index (χ0v) is 12.1. The van der Waals surface area contributed by atoms with E-state index < -0.39 is 0 Å². The molecule has 5 heteroatoms. The number of nitrogens with zero attached hydrogens (tertiary/aromatic N) is 2. The van der Waals surface area contributed by atoms with E-state index in [1.807, 2.05) is 25.1 Å². The Morgan fingerprint density at radius 3 is 2.89 bits per heavy atom. The summed E-state index contributed by atoms with van der Waals surface area (Å²) < 4.78 is 3.83. The van der Waals surface area contributed by atoms with Crippen LogP contribution in [0, 0.1) is 0 Å². The summed E-state index contributed by atoms with van der Waals surface area (Å²) in [5.74, 6) is 0.306. The molecule has 1 aromatic heterocycles. The van der Waals surface area contributed by atoms with Gasteiger partial charge in [0.05, 0.1) is 5.69 Å². The predicted molar refractivity (Wildman–Crippen MR) is 77.8 cm³/mol. The first-order chi connectivity index (χ1) is 9.11. The second kappa shape index (κ2) is 5.93. The van der Waals surface area contributed by atoms with E-state index in [1.165, 1.54) is 5.56 Å². The average molecular weight is 275 g/mol. The molecule has 1 aromatic carbocycles. The Bertz CT molecular complexity index is 578. The zero-order valence-electron chi connectivity index (χ0n) is 11.3. The van der Waals surface area contributed by atoms with Crippen LogP contribution in [0.2, 0.25) is 0 Å². The molecule has 0 saturated carbocycles. The maximum atomic E-state index is 12.2. The van der Waals surface area contributed by atoms with E-state index in [0.717, 1.165) is 22.9 Å². The average Bonchev–Trinajstić information content (AvgIpc) is 2.87. The van der Waals surface area contributed by atoms with Gasteiger partial charge in [-0.25, -0.2) is 0 Å². The summed E-state index contributed by atoms with van der Waals surface area (Å²) in [5, 5.41) is 6.86. The lowest BCUT2D eigenvalue weighted by Gasteiger charge is -2.09. The summed E-state index contributed by atoms with van der Waals surface area (Å²) >= 11 is 1.14. The molecule has 0 radical (unpaired) electrons. The molecule has 4 nitrogen and oxygen atoms in total. The molecule has 1 heterocycles. The second-order valence-electron chi connectivity index (χ2n) is 4.64. The van der Waals surface area contributed by atoms with E-state index in [1.54, 1.807) is 0 Å². The molecule has 2 aromatic rings. The highest BCUT2D eigenvalue weighted by Crippen LogP contribution is 2.20. The van der Waals surface area contributed by atoms with E-state index >= 15 is 0 Å². The minimum Gasteiger partial charge on any atom is -0.321 e. The van der Waals surface area contributed by atoms with Gasteiger partial charge in [0.2, 0.25) is 0 Å². The number of nitrogens with one attached hydrogen (secondary N) is 1. The largest absolute Gasteiger partial charge is 0.321 e. The van der Waals surface area contributed by atoms with Crippen LogP contribution in [0.15, 0.2) is 24.3 Å². The third-order valence-electron chi connectivity index (χ3n) is 2.91. The van der Waals surface area contributed by atoms with Gasteiger partial charge in [-0.1, -0.05) is 37.4 Å². The maximum Gasteiger partial charge on any atom is 0.269 e. The fourth-order valence-electron chi connectivity index (χ4n) is 1.78. The van der Waals surface area contributed by atoms with Crippen LogP contribution < -0.4 is 5.32 Å². The van der Waals surface area contributed by atoms with Crippen LogP contribution in [0.1, 0.15) is 47.6 Å². The Hall–Kier alpha value is -1.75. The number of hydrogen-bond acceptors (Lipinski definition) is 4. The zero-order chi connectivity index (χ0) is 13.8. The summed E-state index contributed by atoms with van der Waals surface area (Å²) in [6, 6.07) is 7.91. The number of anilines is 1.